The van der Waals surface area contributed by atoms with Crippen molar-refractivity contribution in [3.05, 3.63) is 0 Å². The Morgan fingerprint density at radius 1 is 1.57 bits per heavy atom. The zero-order valence-corrected chi connectivity index (χ0v) is 9.26. The zero-order chi connectivity index (χ0) is 10.8. The Balaban J connectivity index is 2.29. The Morgan fingerprint density at radius 2 is 2.21 bits per heavy atom. The minimum absolute atomic E-state index is 0.0313. The fourth-order valence-electron chi connectivity index (χ4n) is 1.65. The van der Waals surface area contributed by atoms with Gasteiger partial charge < -0.3 is 16.4 Å². The molecular weight excluding hydrogens is 178 g/mol. The number of hydrogen-bond acceptors (Lipinski definition) is 2. The van der Waals surface area contributed by atoms with Crippen molar-refractivity contribution in [2.45, 2.75) is 45.7 Å². The van der Waals surface area contributed by atoms with Crippen LogP contribution in [-0.4, -0.2) is 24.7 Å². The van der Waals surface area contributed by atoms with E-state index in [-0.39, 0.29) is 23.5 Å². The van der Waals surface area contributed by atoms with Crippen LogP contribution in [0.4, 0.5) is 4.79 Å². The van der Waals surface area contributed by atoms with Crippen molar-refractivity contribution >= 4 is 6.03 Å². The molecule has 2 unspecified atom stereocenters. The monoisotopic (exact) mass is 199 g/mol. The lowest BCUT2D eigenvalue weighted by Crippen LogP contribution is -2.65. The molecule has 0 aliphatic heterocycles. The summed E-state index contributed by atoms with van der Waals surface area (Å²) in [4.78, 5) is 11.3. The third-order valence-corrected chi connectivity index (χ3v) is 3.18. The topological polar surface area (TPSA) is 67.2 Å². The number of carbonyl (C=O) groups excluding carboxylic acids is 1. The lowest BCUT2D eigenvalue weighted by Gasteiger charge is -2.50. The fraction of sp³-hybridized carbons (Fsp3) is 0.900. The van der Waals surface area contributed by atoms with Gasteiger partial charge in [0.2, 0.25) is 0 Å². The lowest BCUT2D eigenvalue weighted by molar-refractivity contribution is 0.0798. The van der Waals surface area contributed by atoms with E-state index in [0.717, 1.165) is 19.4 Å². The van der Waals surface area contributed by atoms with Crippen LogP contribution in [0.5, 0.6) is 0 Å². The Labute approximate surface area is 85.6 Å². The van der Waals surface area contributed by atoms with E-state index in [4.69, 9.17) is 5.73 Å². The molecule has 82 valence electrons. The summed E-state index contributed by atoms with van der Waals surface area (Å²) < 4.78 is 0. The Morgan fingerprint density at radius 3 is 2.64 bits per heavy atom. The van der Waals surface area contributed by atoms with E-state index < -0.39 is 0 Å². The molecule has 14 heavy (non-hydrogen) atoms. The Hall–Kier alpha value is -0.770. The molecule has 4 heteroatoms. The Bertz CT molecular complexity index is 215. The van der Waals surface area contributed by atoms with E-state index in [9.17, 15) is 4.79 Å². The maximum Gasteiger partial charge on any atom is 0.315 e. The summed E-state index contributed by atoms with van der Waals surface area (Å²) in [6.45, 7) is 6.94. The quantitative estimate of drug-likeness (QED) is 0.630. The van der Waals surface area contributed by atoms with Gasteiger partial charge in [-0.1, -0.05) is 20.8 Å². The van der Waals surface area contributed by atoms with E-state index >= 15 is 0 Å². The average Bonchev–Trinajstić information content (AvgIpc) is 2.14. The molecule has 1 fully saturated rings. The molecule has 0 spiro atoms. The summed E-state index contributed by atoms with van der Waals surface area (Å²) in [7, 11) is 0. The highest BCUT2D eigenvalue weighted by molar-refractivity contribution is 5.74. The van der Waals surface area contributed by atoms with Crippen LogP contribution in [0.3, 0.4) is 0 Å². The van der Waals surface area contributed by atoms with Gasteiger partial charge in [-0.05, 0) is 12.8 Å². The first kappa shape index (κ1) is 11.3. The largest absolute Gasteiger partial charge is 0.338 e. The SMILES string of the molecule is CCCNC(=O)NC1CC(N)C1(C)C. The van der Waals surface area contributed by atoms with Gasteiger partial charge in [0.05, 0.1) is 0 Å². The van der Waals surface area contributed by atoms with Gasteiger partial charge in [0.15, 0.2) is 0 Å². The van der Waals surface area contributed by atoms with E-state index in [1.165, 1.54) is 0 Å². The van der Waals surface area contributed by atoms with Gasteiger partial charge in [-0.2, -0.15) is 0 Å². The number of hydrogen-bond donors (Lipinski definition) is 3. The fourth-order valence-corrected chi connectivity index (χ4v) is 1.65. The van der Waals surface area contributed by atoms with E-state index in [1.807, 2.05) is 6.92 Å². The van der Waals surface area contributed by atoms with Gasteiger partial charge in [0.25, 0.3) is 0 Å². The number of carbonyl (C=O) groups is 1. The van der Waals surface area contributed by atoms with E-state index in [0.29, 0.717) is 0 Å². The highest BCUT2D eigenvalue weighted by atomic mass is 16.2. The predicted octanol–water partition coefficient (Wildman–Crippen LogP) is 0.821. The molecule has 0 aromatic rings. The van der Waals surface area contributed by atoms with Crippen molar-refractivity contribution in [1.29, 1.82) is 0 Å². The maximum atomic E-state index is 11.3. The second-order valence-electron chi connectivity index (χ2n) is 4.62. The van der Waals surface area contributed by atoms with Crippen molar-refractivity contribution < 1.29 is 4.79 Å². The third-order valence-electron chi connectivity index (χ3n) is 3.18. The van der Waals surface area contributed by atoms with Crippen LogP contribution in [0, 0.1) is 5.41 Å². The van der Waals surface area contributed by atoms with Gasteiger partial charge in [0, 0.05) is 24.0 Å². The van der Waals surface area contributed by atoms with Gasteiger partial charge in [-0.15, -0.1) is 0 Å². The van der Waals surface area contributed by atoms with Crippen molar-refractivity contribution in [3.63, 3.8) is 0 Å². The summed E-state index contributed by atoms with van der Waals surface area (Å²) in [5, 5.41) is 5.73. The highest BCUT2D eigenvalue weighted by Gasteiger charge is 2.46. The normalized spacial score (nSPS) is 29.1. The van der Waals surface area contributed by atoms with Gasteiger partial charge in [0.1, 0.15) is 0 Å². The van der Waals surface area contributed by atoms with Crippen LogP contribution in [0.15, 0.2) is 0 Å². The summed E-state index contributed by atoms with van der Waals surface area (Å²) in [5.41, 5.74) is 5.88. The minimum Gasteiger partial charge on any atom is -0.338 e. The lowest BCUT2D eigenvalue weighted by atomic mass is 9.63. The molecule has 0 bridgehead atoms. The highest BCUT2D eigenvalue weighted by Crippen LogP contribution is 2.38. The first-order valence-electron chi connectivity index (χ1n) is 5.28. The minimum atomic E-state index is -0.0724. The average molecular weight is 199 g/mol. The molecule has 0 heterocycles. The third kappa shape index (κ3) is 2.18. The van der Waals surface area contributed by atoms with Crippen LogP contribution < -0.4 is 16.4 Å². The molecule has 1 aliphatic carbocycles. The smallest absolute Gasteiger partial charge is 0.315 e. The molecule has 2 amide bonds. The molecule has 1 saturated carbocycles. The summed E-state index contributed by atoms with van der Waals surface area (Å²) >= 11 is 0. The summed E-state index contributed by atoms with van der Waals surface area (Å²) in [6.07, 6.45) is 1.84. The molecule has 2 atom stereocenters. The van der Waals surface area contributed by atoms with E-state index in [1.54, 1.807) is 0 Å². The second kappa shape index (κ2) is 4.17. The number of amides is 2. The molecule has 4 N–H and O–H groups in total. The second-order valence-corrected chi connectivity index (χ2v) is 4.62. The molecule has 4 nitrogen and oxygen atoms in total. The van der Waals surface area contributed by atoms with Crippen LogP contribution in [0.2, 0.25) is 0 Å². The van der Waals surface area contributed by atoms with Crippen molar-refractivity contribution in [2.24, 2.45) is 11.1 Å². The molecule has 0 radical (unpaired) electrons. The van der Waals surface area contributed by atoms with Crippen molar-refractivity contribution in [1.82, 2.24) is 10.6 Å². The standard InChI is InChI=1S/C10H21N3O/c1-4-5-12-9(14)13-8-6-7(11)10(8,2)3/h7-8H,4-6,11H2,1-3H3,(H2,12,13,14). The van der Waals surface area contributed by atoms with Crippen LogP contribution in [-0.2, 0) is 0 Å². The first-order chi connectivity index (χ1) is 6.48. The number of nitrogens with two attached hydrogens (primary N) is 1. The molecule has 0 aromatic carbocycles. The predicted molar refractivity (Wildman–Crippen MR) is 57.0 cm³/mol. The molecule has 1 rings (SSSR count). The van der Waals surface area contributed by atoms with Crippen LogP contribution >= 0.6 is 0 Å². The van der Waals surface area contributed by atoms with Crippen molar-refractivity contribution in [2.75, 3.05) is 6.54 Å². The van der Waals surface area contributed by atoms with Crippen molar-refractivity contribution in [3.8, 4) is 0 Å². The summed E-state index contributed by atoms with van der Waals surface area (Å²) in [5.74, 6) is 0. The first-order valence-corrected chi connectivity index (χ1v) is 5.28. The van der Waals surface area contributed by atoms with E-state index in [2.05, 4.69) is 24.5 Å². The number of urea groups is 1. The number of nitrogens with one attached hydrogen (secondary N) is 2. The summed E-state index contributed by atoms with van der Waals surface area (Å²) in [6, 6.07) is 0.352. The van der Waals surface area contributed by atoms with Gasteiger partial charge in [-0.3, -0.25) is 0 Å². The molecule has 1 aliphatic rings. The molecule has 0 saturated heterocycles. The Kier molecular flexibility index (Phi) is 3.37. The molecular formula is C10H21N3O. The van der Waals surface area contributed by atoms with Gasteiger partial charge in [-0.25, -0.2) is 4.79 Å². The number of rotatable bonds is 3. The molecule has 0 aromatic heterocycles. The maximum absolute atomic E-state index is 11.3. The van der Waals surface area contributed by atoms with Gasteiger partial charge >= 0.3 is 6.03 Å². The zero-order valence-electron chi connectivity index (χ0n) is 9.26. The van der Waals surface area contributed by atoms with Crippen LogP contribution in [0.1, 0.15) is 33.6 Å². The van der Waals surface area contributed by atoms with Crippen LogP contribution in [0.25, 0.3) is 0 Å².